The van der Waals surface area contributed by atoms with Gasteiger partial charge in [0.1, 0.15) is 5.60 Å². The van der Waals surface area contributed by atoms with Gasteiger partial charge in [0.15, 0.2) is 5.96 Å². The zero-order valence-corrected chi connectivity index (χ0v) is 14.0. The monoisotopic (exact) mass is 298 g/mol. The van der Waals surface area contributed by atoms with Gasteiger partial charge in [-0.05, 0) is 34.1 Å². The van der Waals surface area contributed by atoms with E-state index in [1.165, 1.54) is 0 Å². The molecule has 0 radical (unpaired) electrons. The molecule has 0 aromatic carbocycles. The molecule has 122 valence electrons. The van der Waals surface area contributed by atoms with Crippen LogP contribution >= 0.6 is 0 Å². The van der Waals surface area contributed by atoms with Crippen LogP contribution in [0.25, 0.3) is 0 Å². The SMILES string of the molecule is C=C(C)CNC(N)=NCC(CCC)NC(=O)OC(C)(C)C. The highest BCUT2D eigenvalue weighted by Crippen LogP contribution is 2.07. The van der Waals surface area contributed by atoms with Crippen LogP contribution in [0.3, 0.4) is 0 Å². The Morgan fingerprint density at radius 1 is 1.43 bits per heavy atom. The van der Waals surface area contributed by atoms with E-state index in [4.69, 9.17) is 10.5 Å². The maximum atomic E-state index is 11.8. The van der Waals surface area contributed by atoms with E-state index in [1.807, 2.05) is 27.7 Å². The molecule has 0 rings (SSSR count). The summed E-state index contributed by atoms with van der Waals surface area (Å²) in [6.07, 6.45) is 1.33. The van der Waals surface area contributed by atoms with Crippen LogP contribution in [0.15, 0.2) is 17.1 Å². The van der Waals surface area contributed by atoms with Gasteiger partial charge in [0.2, 0.25) is 0 Å². The number of guanidine groups is 1. The molecule has 0 aromatic heterocycles. The van der Waals surface area contributed by atoms with Gasteiger partial charge < -0.3 is 21.1 Å². The fourth-order valence-electron chi connectivity index (χ4n) is 1.54. The zero-order chi connectivity index (χ0) is 16.5. The maximum Gasteiger partial charge on any atom is 0.407 e. The van der Waals surface area contributed by atoms with Gasteiger partial charge in [0.05, 0.1) is 12.6 Å². The smallest absolute Gasteiger partial charge is 0.407 e. The molecule has 0 aliphatic rings. The molecule has 1 unspecified atom stereocenters. The van der Waals surface area contributed by atoms with E-state index in [2.05, 4.69) is 29.1 Å². The molecule has 0 saturated heterocycles. The Bertz CT molecular complexity index is 372. The first-order valence-electron chi connectivity index (χ1n) is 7.31. The Morgan fingerprint density at radius 3 is 2.52 bits per heavy atom. The van der Waals surface area contributed by atoms with E-state index >= 15 is 0 Å². The predicted molar refractivity (Wildman–Crippen MR) is 87.4 cm³/mol. The van der Waals surface area contributed by atoms with E-state index in [-0.39, 0.29) is 6.04 Å². The van der Waals surface area contributed by atoms with Gasteiger partial charge in [0.25, 0.3) is 0 Å². The summed E-state index contributed by atoms with van der Waals surface area (Å²) in [5.74, 6) is 0.352. The first kappa shape index (κ1) is 19.3. The molecule has 0 aliphatic carbocycles. The average Bonchev–Trinajstić information content (AvgIpc) is 2.31. The lowest BCUT2D eigenvalue weighted by atomic mass is 10.1. The lowest BCUT2D eigenvalue weighted by Gasteiger charge is -2.22. The first-order chi connectivity index (χ1) is 9.64. The van der Waals surface area contributed by atoms with Crippen molar-refractivity contribution >= 4 is 12.1 Å². The quantitative estimate of drug-likeness (QED) is 0.382. The molecule has 0 bridgehead atoms. The number of hydrogen-bond acceptors (Lipinski definition) is 3. The van der Waals surface area contributed by atoms with Crippen LogP contribution in [0.5, 0.6) is 0 Å². The topological polar surface area (TPSA) is 88.7 Å². The van der Waals surface area contributed by atoms with Crippen LogP contribution in [0.4, 0.5) is 4.79 Å². The third-order valence-electron chi connectivity index (χ3n) is 2.41. The van der Waals surface area contributed by atoms with Gasteiger partial charge in [-0.1, -0.05) is 25.5 Å². The highest BCUT2D eigenvalue weighted by molar-refractivity contribution is 5.78. The Morgan fingerprint density at radius 2 is 2.05 bits per heavy atom. The number of nitrogens with two attached hydrogens (primary N) is 1. The van der Waals surface area contributed by atoms with Crippen LogP contribution in [0.1, 0.15) is 47.5 Å². The number of hydrogen-bond donors (Lipinski definition) is 3. The minimum atomic E-state index is -0.508. The van der Waals surface area contributed by atoms with Crippen LogP contribution < -0.4 is 16.4 Å². The van der Waals surface area contributed by atoms with Gasteiger partial charge in [-0.2, -0.15) is 0 Å². The van der Waals surface area contributed by atoms with Crippen molar-refractivity contribution in [3.05, 3.63) is 12.2 Å². The molecule has 21 heavy (non-hydrogen) atoms. The van der Waals surface area contributed by atoms with E-state index in [1.54, 1.807) is 0 Å². The molecule has 0 aromatic rings. The number of amides is 1. The molecule has 6 nitrogen and oxygen atoms in total. The van der Waals surface area contributed by atoms with Crippen molar-refractivity contribution in [3.8, 4) is 0 Å². The lowest BCUT2D eigenvalue weighted by molar-refractivity contribution is 0.0503. The Balaban J connectivity index is 4.38. The second-order valence-electron chi connectivity index (χ2n) is 6.17. The minimum absolute atomic E-state index is 0.0879. The van der Waals surface area contributed by atoms with Gasteiger partial charge >= 0.3 is 6.09 Å². The van der Waals surface area contributed by atoms with Gasteiger partial charge in [-0.25, -0.2) is 4.79 Å². The summed E-state index contributed by atoms with van der Waals surface area (Å²) in [6, 6.07) is -0.0879. The number of ether oxygens (including phenoxy) is 1. The van der Waals surface area contributed by atoms with E-state index in [9.17, 15) is 4.79 Å². The van der Waals surface area contributed by atoms with E-state index in [0.717, 1.165) is 18.4 Å². The summed E-state index contributed by atoms with van der Waals surface area (Å²) in [4.78, 5) is 16.0. The highest BCUT2D eigenvalue weighted by atomic mass is 16.6. The summed E-state index contributed by atoms with van der Waals surface area (Å²) >= 11 is 0. The normalized spacial score (nSPS) is 13.5. The Kier molecular flexibility index (Phi) is 8.50. The largest absolute Gasteiger partial charge is 0.444 e. The van der Waals surface area contributed by atoms with Crippen LogP contribution in [-0.2, 0) is 4.74 Å². The van der Waals surface area contributed by atoms with Crippen molar-refractivity contribution in [2.45, 2.75) is 59.1 Å². The molecule has 0 fully saturated rings. The van der Waals surface area contributed by atoms with E-state index < -0.39 is 11.7 Å². The number of rotatable bonds is 7. The average molecular weight is 298 g/mol. The summed E-state index contributed by atoms with van der Waals surface area (Å²) in [7, 11) is 0. The molecule has 1 atom stereocenters. The number of carbonyl (C=O) groups excluding carboxylic acids is 1. The van der Waals surface area contributed by atoms with Gasteiger partial charge in [-0.3, -0.25) is 4.99 Å². The summed E-state index contributed by atoms with van der Waals surface area (Å²) in [5, 5.41) is 5.78. The maximum absolute atomic E-state index is 11.8. The number of nitrogens with zero attached hydrogens (tertiary/aromatic N) is 1. The molecule has 0 aliphatic heterocycles. The second kappa shape index (κ2) is 9.26. The van der Waals surface area contributed by atoms with Crippen LogP contribution in [0, 0.1) is 0 Å². The Labute approximate surface area is 128 Å². The van der Waals surface area contributed by atoms with Crippen molar-refractivity contribution in [2.24, 2.45) is 10.7 Å². The lowest BCUT2D eigenvalue weighted by Crippen LogP contribution is -2.41. The molecule has 0 saturated carbocycles. The van der Waals surface area contributed by atoms with Crippen molar-refractivity contribution in [1.82, 2.24) is 10.6 Å². The summed E-state index contributed by atoms with van der Waals surface area (Å²) in [5.41, 5.74) is 6.22. The first-order valence-corrected chi connectivity index (χ1v) is 7.31. The van der Waals surface area contributed by atoms with Crippen molar-refractivity contribution in [3.63, 3.8) is 0 Å². The standard InChI is InChI=1S/C15H30N4O2/c1-7-8-12(19-14(20)21-15(4,5)6)10-18-13(16)17-9-11(2)3/h12H,2,7-10H2,1,3-6H3,(H,19,20)(H3,16,17,18). The molecule has 0 spiro atoms. The molecular formula is C15H30N4O2. The third-order valence-corrected chi connectivity index (χ3v) is 2.41. The van der Waals surface area contributed by atoms with Crippen molar-refractivity contribution in [1.29, 1.82) is 0 Å². The number of alkyl carbamates (subject to hydrolysis) is 1. The Hall–Kier alpha value is -1.72. The van der Waals surface area contributed by atoms with Gasteiger partial charge in [-0.15, -0.1) is 0 Å². The van der Waals surface area contributed by atoms with E-state index in [0.29, 0.717) is 19.0 Å². The van der Waals surface area contributed by atoms with Crippen LogP contribution in [-0.4, -0.2) is 36.8 Å². The molecule has 6 heteroatoms. The molecular weight excluding hydrogens is 268 g/mol. The molecule has 1 amide bonds. The molecule has 0 heterocycles. The van der Waals surface area contributed by atoms with Crippen LogP contribution in [0.2, 0.25) is 0 Å². The zero-order valence-electron chi connectivity index (χ0n) is 14.0. The number of carbonyl (C=O) groups is 1. The predicted octanol–water partition coefficient (Wildman–Crippen LogP) is 2.16. The summed E-state index contributed by atoms with van der Waals surface area (Å²) < 4.78 is 5.24. The highest BCUT2D eigenvalue weighted by Gasteiger charge is 2.19. The summed E-state index contributed by atoms with van der Waals surface area (Å²) in [6.45, 7) is 14.2. The second-order valence-corrected chi connectivity index (χ2v) is 6.17. The number of nitrogens with one attached hydrogen (secondary N) is 2. The fraction of sp³-hybridized carbons (Fsp3) is 0.733. The minimum Gasteiger partial charge on any atom is -0.444 e. The van der Waals surface area contributed by atoms with Crippen molar-refractivity contribution in [2.75, 3.05) is 13.1 Å². The molecule has 4 N–H and O–H groups in total. The van der Waals surface area contributed by atoms with Crippen molar-refractivity contribution < 1.29 is 9.53 Å². The number of aliphatic imine (C=N–C) groups is 1. The third kappa shape index (κ3) is 11.8. The van der Waals surface area contributed by atoms with Gasteiger partial charge in [0, 0.05) is 6.54 Å². The fourth-order valence-corrected chi connectivity index (χ4v) is 1.54.